The van der Waals surface area contributed by atoms with Crippen molar-refractivity contribution >= 4 is 52.6 Å². The van der Waals surface area contributed by atoms with E-state index in [1.165, 1.54) is 18.2 Å². The first-order valence-electron chi connectivity index (χ1n) is 8.67. The van der Waals surface area contributed by atoms with Crippen molar-refractivity contribution in [3.63, 3.8) is 0 Å². The lowest BCUT2D eigenvalue weighted by Gasteiger charge is -2.22. The van der Waals surface area contributed by atoms with Crippen LogP contribution in [-0.4, -0.2) is 40.2 Å². The summed E-state index contributed by atoms with van der Waals surface area (Å²) in [6.07, 6.45) is -0.373. The van der Waals surface area contributed by atoms with Gasteiger partial charge in [0.1, 0.15) is 6.54 Å². The standard InChI is InChI=1S/C20H14Cl2N2O5/c21-12-3-1-11(2-4-12)9-24-16(25)8-20(19(24)29)14-7-13(22)5-6-15(14)23(18(20)28)10-17(26)27/h1-7H,8-10H2,(H,26,27). The lowest BCUT2D eigenvalue weighted by atomic mass is 9.80. The van der Waals surface area contributed by atoms with Gasteiger partial charge in [-0.25, -0.2) is 0 Å². The van der Waals surface area contributed by atoms with Crippen LogP contribution in [0.3, 0.4) is 0 Å². The molecule has 2 aromatic carbocycles. The van der Waals surface area contributed by atoms with Gasteiger partial charge in [-0.2, -0.15) is 0 Å². The molecule has 29 heavy (non-hydrogen) atoms. The molecule has 148 valence electrons. The van der Waals surface area contributed by atoms with Gasteiger partial charge in [-0.15, -0.1) is 0 Å². The quantitative estimate of drug-likeness (QED) is 0.591. The molecule has 0 aliphatic carbocycles. The summed E-state index contributed by atoms with van der Waals surface area (Å²) in [5.41, 5.74) is -0.587. The number of benzene rings is 2. The molecule has 9 heteroatoms. The third-order valence-corrected chi connectivity index (χ3v) is 5.68. The van der Waals surface area contributed by atoms with Gasteiger partial charge in [0.2, 0.25) is 17.7 Å². The summed E-state index contributed by atoms with van der Waals surface area (Å²) < 4.78 is 0. The fourth-order valence-corrected chi connectivity index (χ4v) is 4.18. The molecule has 2 aliphatic rings. The van der Waals surface area contributed by atoms with Crippen LogP contribution in [0.2, 0.25) is 10.0 Å². The second-order valence-corrected chi connectivity index (χ2v) is 7.81. The van der Waals surface area contributed by atoms with Crippen LogP contribution in [0.4, 0.5) is 5.69 Å². The van der Waals surface area contributed by atoms with E-state index in [9.17, 15) is 24.3 Å². The van der Waals surface area contributed by atoms with E-state index in [0.29, 0.717) is 10.6 Å². The third kappa shape index (κ3) is 2.97. The van der Waals surface area contributed by atoms with E-state index >= 15 is 0 Å². The number of halogens is 2. The first-order chi connectivity index (χ1) is 13.7. The molecule has 1 atom stereocenters. The number of rotatable bonds is 4. The van der Waals surface area contributed by atoms with Crippen LogP contribution in [0.5, 0.6) is 0 Å². The minimum Gasteiger partial charge on any atom is -0.480 e. The molecule has 4 rings (SSSR count). The van der Waals surface area contributed by atoms with Crippen molar-refractivity contribution in [3.05, 3.63) is 63.6 Å². The highest BCUT2D eigenvalue weighted by atomic mass is 35.5. The largest absolute Gasteiger partial charge is 0.480 e. The van der Waals surface area contributed by atoms with Crippen molar-refractivity contribution in [2.45, 2.75) is 18.4 Å². The van der Waals surface area contributed by atoms with Gasteiger partial charge in [0.25, 0.3) is 0 Å². The fraction of sp³-hybridized carbons (Fsp3) is 0.200. The van der Waals surface area contributed by atoms with E-state index in [0.717, 1.165) is 9.80 Å². The van der Waals surface area contributed by atoms with Gasteiger partial charge in [-0.1, -0.05) is 35.3 Å². The van der Waals surface area contributed by atoms with Crippen LogP contribution in [0.15, 0.2) is 42.5 Å². The van der Waals surface area contributed by atoms with E-state index in [-0.39, 0.29) is 29.2 Å². The van der Waals surface area contributed by atoms with Crippen LogP contribution >= 0.6 is 23.2 Å². The maximum absolute atomic E-state index is 13.4. The summed E-state index contributed by atoms with van der Waals surface area (Å²) in [4.78, 5) is 52.7. The molecule has 2 heterocycles. The average Bonchev–Trinajstić information content (AvgIpc) is 3.04. The number of carboxylic acid groups (broad SMARTS) is 1. The minimum atomic E-state index is -1.79. The van der Waals surface area contributed by atoms with Crippen LogP contribution < -0.4 is 4.90 Å². The van der Waals surface area contributed by atoms with E-state index in [2.05, 4.69) is 0 Å². The molecule has 0 saturated carbocycles. The number of amides is 3. The number of carboxylic acids is 1. The molecule has 1 unspecified atom stereocenters. The Labute approximate surface area is 175 Å². The fourth-order valence-electron chi connectivity index (χ4n) is 3.88. The number of carbonyl (C=O) groups excluding carboxylic acids is 3. The first kappa shape index (κ1) is 19.4. The molecule has 0 bridgehead atoms. The second kappa shape index (κ2) is 6.86. The van der Waals surface area contributed by atoms with Crippen LogP contribution in [0.25, 0.3) is 0 Å². The maximum Gasteiger partial charge on any atom is 0.323 e. The number of imide groups is 1. The maximum atomic E-state index is 13.4. The highest BCUT2D eigenvalue weighted by Crippen LogP contribution is 2.49. The lowest BCUT2D eigenvalue weighted by Crippen LogP contribution is -2.47. The SMILES string of the molecule is O=C(O)CN1C(=O)C2(CC(=O)N(Cc3ccc(Cl)cc3)C2=O)c2cc(Cl)ccc21. The van der Waals surface area contributed by atoms with Crippen molar-refractivity contribution in [1.29, 1.82) is 0 Å². The number of anilines is 1. The van der Waals surface area contributed by atoms with Crippen molar-refractivity contribution in [2.75, 3.05) is 11.4 Å². The Morgan fingerprint density at radius 2 is 1.59 bits per heavy atom. The van der Waals surface area contributed by atoms with Crippen molar-refractivity contribution in [1.82, 2.24) is 4.90 Å². The smallest absolute Gasteiger partial charge is 0.323 e. The van der Waals surface area contributed by atoms with Crippen molar-refractivity contribution in [2.24, 2.45) is 0 Å². The van der Waals surface area contributed by atoms with Gasteiger partial charge in [0.05, 0.1) is 13.0 Å². The van der Waals surface area contributed by atoms with Gasteiger partial charge >= 0.3 is 5.97 Å². The number of hydrogen-bond donors (Lipinski definition) is 1. The molecule has 1 fully saturated rings. The Bertz CT molecular complexity index is 1070. The Hall–Kier alpha value is -2.90. The summed E-state index contributed by atoms with van der Waals surface area (Å²) in [5.74, 6) is -3.15. The molecule has 3 amide bonds. The first-order valence-corrected chi connectivity index (χ1v) is 9.42. The summed E-state index contributed by atoms with van der Waals surface area (Å²) in [6, 6.07) is 11.1. The topological polar surface area (TPSA) is 95.0 Å². The average molecular weight is 433 g/mol. The molecule has 0 aromatic heterocycles. The monoisotopic (exact) mass is 432 g/mol. The summed E-state index contributed by atoms with van der Waals surface area (Å²) in [7, 11) is 0. The highest BCUT2D eigenvalue weighted by molar-refractivity contribution is 6.33. The summed E-state index contributed by atoms with van der Waals surface area (Å²) in [6.45, 7) is -0.632. The molecule has 2 aromatic rings. The Morgan fingerprint density at radius 1 is 0.966 bits per heavy atom. The number of carbonyl (C=O) groups is 4. The van der Waals surface area contributed by atoms with Crippen molar-refractivity contribution in [3.8, 4) is 0 Å². The zero-order valence-electron chi connectivity index (χ0n) is 14.9. The third-order valence-electron chi connectivity index (χ3n) is 5.19. The Morgan fingerprint density at radius 3 is 2.24 bits per heavy atom. The Balaban J connectivity index is 1.77. The summed E-state index contributed by atoms with van der Waals surface area (Å²) >= 11 is 12.0. The number of aliphatic carboxylic acids is 1. The molecular formula is C20H14Cl2N2O5. The van der Waals surface area contributed by atoms with Gasteiger partial charge < -0.3 is 5.11 Å². The van der Waals surface area contributed by atoms with E-state index < -0.39 is 35.7 Å². The number of hydrogen-bond acceptors (Lipinski definition) is 4. The van der Waals surface area contributed by atoms with Gasteiger partial charge in [-0.05, 0) is 35.9 Å². The summed E-state index contributed by atoms with van der Waals surface area (Å²) in [5, 5.41) is 10.00. The van der Waals surface area contributed by atoms with Crippen LogP contribution in [0.1, 0.15) is 17.5 Å². The van der Waals surface area contributed by atoms with E-state index in [1.54, 1.807) is 24.3 Å². The number of fused-ring (bicyclic) bond motifs is 2. The van der Waals surface area contributed by atoms with Crippen LogP contribution in [0, 0.1) is 0 Å². The normalized spacial score (nSPS) is 20.7. The lowest BCUT2D eigenvalue weighted by molar-refractivity contribution is -0.143. The van der Waals surface area contributed by atoms with Crippen molar-refractivity contribution < 1.29 is 24.3 Å². The predicted octanol–water partition coefficient (Wildman–Crippen LogP) is 2.62. The zero-order chi connectivity index (χ0) is 20.9. The van der Waals surface area contributed by atoms with Crippen LogP contribution in [-0.2, 0) is 31.1 Å². The van der Waals surface area contributed by atoms with Gasteiger partial charge in [0.15, 0.2) is 5.41 Å². The predicted molar refractivity (Wildman–Crippen MR) is 105 cm³/mol. The minimum absolute atomic E-state index is 0.0152. The molecule has 0 radical (unpaired) electrons. The van der Waals surface area contributed by atoms with E-state index in [1.807, 2.05) is 0 Å². The second-order valence-electron chi connectivity index (χ2n) is 6.94. The van der Waals surface area contributed by atoms with Gasteiger partial charge in [0, 0.05) is 21.3 Å². The number of nitrogens with zero attached hydrogens (tertiary/aromatic N) is 2. The van der Waals surface area contributed by atoms with E-state index in [4.69, 9.17) is 23.2 Å². The zero-order valence-corrected chi connectivity index (χ0v) is 16.4. The van der Waals surface area contributed by atoms with Gasteiger partial charge in [-0.3, -0.25) is 29.0 Å². The molecule has 2 aliphatic heterocycles. The molecule has 7 nitrogen and oxygen atoms in total. The molecular weight excluding hydrogens is 419 g/mol. The number of likely N-dealkylation sites (tertiary alicyclic amines) is 1. The molecule has 1 spiro atoms. The highest BCUT2D eigenvalue weighted by Gasteiger charge is 2.63. The molecule has 1 saturated heterocycles. The molecule has 1 N–H and O–H groups in total. The Kier molecular flexibility index (Phi) is 4.59.